The zero-order valence-corrected chi connectivity index (χ0v) is 37.9. The molecule has 7 N–H and O–H groups in total. The number of carbonyl (C=O) groups is 2. The van der Waals surface area contributed by atoms with Gasteiger partial charge in [0.1, 0.15) is 43.2 Å². The standard InChI is InChI=1S/C47H77O14P/c1-3-5-7-9-11-13-14-15-16-17-18-20-22-26-30-34-40(49)58-36-39(37-59-62(56,57)61-47-45(54)43(52)42(51)44(53)46(47)55)60-41(50)35-31-27-23-25-29-33-38(48)32-28-24-21-19-12-10-8-6-4-2/h11-13,15-16,18-20,23-25,28-29,33,38-39,42-48,51-55H,3-10,14,17,21-22,26-27,30-32,34-37H2,1-2H3,(H,56,57)/b13-11-,16-15-,19-12-,20-18-,25-23+,28-24-,33-29-/t38?,39-,42?,43-,44+,45-,46-,47?/m1/s1. The van der Waals surface area contributed by atoms with Gasteiger partial charge in [-0.15, -0.1) is 0 Å². The van der Waals surface area contributed by atoms with E-state index in [0.29, 0.717) is 25.7 Å². The first-order valence-electron chi connectivity index (χ1n) is 22.5. The minimum atomic E-state index is -5.17. The summed E-state index contributed by atoms with van der Waals surface area (Å²) in [6.07, 6.45) is 29.5. The molecule has 1 aliphatic carbocycles. The Morgan fingerprint density at radius 3 is 1.63 bits per heavy atom. The maximum absolute atomic E-state index is 12.8. The van der Waals surface area contributed by atoms with Gasteiger partial charge in [0.15, 0.2) is 6.10 Å². The van der Waals surface area contributed by atoms with Crippen molar-refractivity contribution in [3.63, 3.8) is 0 Å². The minimum absolute atomic E-state index is 0.0513. The molecule has 1 fully saturated rings. The Morgan fingerprint density at radius 1 is 0.581 bits per heavy atom. The van der Waals surface area contributed by atoms with Gasteiger partial charge in [-0.25, -0.2) is 4.57 Å². The smallest absolute Gasteiger partial charge is 0.462 e. The predicted molar refractivity (Wildman–Crippen MR) is 241 cm³/mol. The fraction of sp³-hybridized carbons (Fsp3) is 0.660. The maximum atomic E-state index is 12.8. The second kappa shape index (κ2) is 36.3. The predicted octanol–water partition coefficient (Wildman–Crippen LogP) is 7.47. The van der Waals surface area contributed by atoms with Crippen LogP contribution in [-0.2, 0) is 32.7 Å². The average molecular weight is 897 g/mol. The third kappa shape index (κ3) is 28.6. The third-order valence-corrected chi connectivity index (χ3v) is 10.8. The van der Waals surface area contributed by atoms with E-state index in [2.05, 4.69) is 62.5 Å². The summed E-state index contributed by atoms with van der Waals surface area (Å²) in [7, 11) is -5.17. The molecule has 15 heteroatoms. The van der Waals surface area contributed by atoms with Crippen molar-refractivity contribution in [3.05, 3.63) is 85.1 Å². The van der Waals surface area contributed by atoms with Crippen molar-refractivity contribution in [2.45, 2.75) is 185 Å². The average Bonchev–Trinajstić information content (AvgIpc) is 3.25. The Kier molecular flexibility index (Phi) is 33.4. The summed E-state index contributed by atoms with van der Waals surface area (Å²) < 4.78 is 33.3. The summed E-state index contributed by atoms with van der Waals surface area (Å²) in [5.74, 6) is -1.28. The maximum Gasteiger partial charge on any atom is 0.472 e. The fourth-order valence-corrected chi connectivity index (χ4v) is 7.04. The molecule has 1 rings (SSSR count). The Bertz CT molecular complexity index is 1420. The lowest BCUT2D eigenvalue weighted by Crippen LogP contribution is -2.64. The monoisotopic (exact) mass is 897 g/mol. The van der Waals surface area contributed by atoms with Crippen molar-refractivity contribution >= 4 is 19.8 Å². The van der Waals surface area contributed by atoms with E-state index in [4.69, 9.17) is 18.5 Å². The van der Waals surface area contributed by atoms with Crippen molar-refractivity contribution in [2.75, 3.05) is 13.2 Å². The number of ether oxygens (including phenoxy) is 2. The summed E-state index contributed by atoms with van der Waals surface area (Å²) in [4.78, 5) is 35.6. The van der Waals surface area contributed by atoms with E-state index < -0.39 is 81.8 Å². The first kappa shape index (κ1) is 57.0. The number of allylic oxidation sites excluding steroid dienone is 12. The van der Waals surface area contributed by atoms with Gasteiger partial charge < -0.3 is 45.0 Å². The van der Waals surface area contributed by atoms with Crippen LogP contribution in [0.15, 0.2) is 85.1 Å². The molecule has 1 aliphatic rings. The van der Waals surface area contributed by atoms with E-state index in [-0.39, 0.29) is 12.8 Å². The number of esters is 2. The van der Waals surface area contributed by atoms with Gasteiger partial charge in [-0.3, -0.25) is 18.6 Å². The molecule has 0 amide bonds. The van der Waals surface area contributed by atoms with Crippen LogP contribution in [0, 0.1) is 0 Å². The summed E-state index contributed by atoms with van der Waals surface area (Å²) >= 11 is 0. The summed E-state index contributed by atoms with van der Waals surface area (Å²) in [6, 6.07) is 0. The van der Waals surface area contributed by atoms with Crippen molar-refractivity contribution in [3.8, 4) is 0 Å². The lowest BCUT2D eigenvalue weighted by Gasteiger charge is -2.41. The molecular formula is C47H77O14P. The SMILES string of the molecule is CCCCC/C=C\C/C=C\C/C=C\CCCCC(=O)OC[C@H](COP(=O)(O)OC1[C@H](O)[C@H](O)C(O)[C@H](O)[C@H]1O)OC(=O)CCC/C=C/C=C\C(O)C/C=C\C/C=C\CCCCC. The summed E-state index contributed by atoms with van der Waals surface area (Å²) in [5, 5.41) is 60.3. The van der Waals surface area contributed by atoms with Crippen LogP contribution in [0.1, 0.15) is 136 Å². The van der Waals surface area contributed by atoms with Crippen LogP contribution in [0.5, 0.6) is 0 Å². The number of phosphoric acid groups is 1. The second-order valence-corrected chi connectivity index (χ2v) is 16.8. The first-order valence-corrected chi connectivity index (χ1v) is 24.0. The number of carbonyl (C=O) groups excluding carboxylic acids is 2. The highest BCUT2D eigenvalue weighted by Crippen LogP contribution is 2.47. The highest BCUT2D eigenvalue weighted by atomic mass is 31.2. The molecule has 354 valence electrons. The van der Waals surface area contributed by atoms with Crippen LogP contribution >= 0.6 is 7.82 Å². The molecule has 9 atom stereocenters. The van der Waals surface area contributed by atoms with Gasteiger partial charge in [0.2, 0.25) is 0 Å². The number of hydrogen-bond donors (Lipinski definition) is 7. The Hall–Kier alpha value is -3.01. The van der Waals surface area contributed by atoms with E-state index in [1.165, 1.54) is 38.5 Å². The number of aliphatic hydroxyl groups excluding tert-OH is 6. The van der Waals surface area contributed by atoms with Crippen LogP contribution < -0.4 is 0 Å². The van der Waals surface area contributed by atoms with Crippen molar-refractivity contribution in [1.29, 1.82) is 0 Å². The molecule has 0 aromatic rings. The van der Waals surface area contributed by atoms with Crippen LogP contribution in [0.4, 0.5) is 0 Å². The van der Waals surface area contributed by atoms with Gasteiger partial charge in [-0.05, 0) is 83.5 Å². The van der Waals surface area contributed by atoms with Crippen LogP contribution in [-0.4, -0.2) is 110 Å². The van der Waals surface area contributed by atoms with E-state index in [1.807, 2.05) is 18.2 Å². The molecule has 0 saturated heterocycles. The molecule has 62 heavy (non-hydrogen) atoms. The molecule has 4 unspecified atom stereocenters. The molecule has 1 saturated carbocycles. The number of hydrogen-bond acceptors (Lipinski definition) is 13. The zero-order chi connectivity index (χ0) is 45.9. The quantitative estimate of drug-likeness (QED) is 0.0108. The molecule has 0 spiro atoms. The number of rotatable bonds is 35. The summed E-state index contributed by atoms with van der Waals surface area (Å²) in [5.41, 5.74) is 0. The lowest BCUT2D eigenvalue weighted by atomic mass is 9.85. The van der Waals surface area contributed by atoms with Gasteiger partial charge >= 0.3 is 19.8 Å². The highest BCUT2D eigenvalue weighted by molar-refractivity contribution is 7.47. The van der Waals surface area contributed by atoms with Crippen molar-refractivity contribution in [1.82, 2.24) is 0 Å². The van der Waals surface area contributed by atoms with Crippen LogP contribution in [0.2, 0.25) is 0 Å². The summed E-state index contributed by atoms with van der Waals surface area (Å²) in [6.45, 7) is 3.06. The Labute approximate surface area is 370 Å². The molecule has 0 aromatic heterocycles. The number of unbranched alkanes of at least 4 members (excludes halogenated alkanes) is 9. The van der Waals surface area contributed by atoms with E-state index in [1.54, 1.807) is 18.2 Å². The van der Waals surface area contributed by atoms with Gasteiger partial charge in [0, 0.05) is 12.8 Å². The molecule has 0 aromatic carbocycles. The van der Waals surface area contributed by atoms with Gasteiger partial charge in [0.25, 0.3) is 0 Å². The van der Waals surface area contributed by atoms with Gasteiger partial charge in [-0.1, -0.05) is 125 Å². The first-order chi connectivity index (χ1) is 29.8. The van der Waals surface area contributed by atoms with Crippen molar-refractivity contribution < 1.29 is 68.2 Å². The number of aliphatic hydroxyl groups is 6. The molecule has 14 nitrogen and oxygen atoms in total. The topological polar surface area (TPSA) is 230 Å². The Morgan fingerprint density at radius 2 is 1.06 bits per heavy atom. The third-order valence-electron chi connectivity index (χ3n) is 9.79. The molecule has 0 aliphatic heterocycles. The lowest BCUT2D eigenvalue weighted by molar-refractivity contribution is -0.220. The minimum Gasteiger partial charge on any atom is -0.462 e. The van der Waals surface area contributed by atoms with E-state index in [9.17, 15) is 49.7 Å². The van der Waals surface area contributed by atoms with E-state index >= 15 is 0 Å². The molecular weight excluding hydrogens is 819 g/mol. The normalized spacial score (nSPS) is 23.2. The van der Waals surface area contributed by atoms with Crippen LogP contribution in [0.25, 0.3) is 0 Å². The Balaban J connectivity index is 2.60. The zero-order valence-electron chi connectivity index (χ0n) is 37.0. The highest BCUT2D eigenvalue weighted by Gasteiger charge is 2.51. The largest absolute Gasteiger partial charge is 0.472 e. The van der Waals surface area contributed by atoms with Crippen molar-refractivity contribution in [2.24, 2.45) is 0 Å². The van der Waals surface area contributed by atoms with Crippen LogP contribution in [0.3, 0.4) is 0 Å². The van der Waals surface area contributed by atoms with Gasteiger partial charge in [0.05, 0.1) is 12.7 Å². The molecule has 0 bridgehead atoms. The molecule has 0 heterocycles. The fourth-order valence-electron chi connectivity index (χ4n) is 6.07. The molecule has 0 radical (unpaired) electrons. The van der Waals surface area contributed by atoms with Gasteiger partial charge in [-0.2, -0.15) is 0 Å². The second-order valence-electron chi connectivity index (χ2n) is 15.4. The van der Waals surface area contributed by atoms with E-state index in [0.717, 1.165) is 44.9 Å². The number of phosphoric ester groups is 1.